The lowest BCUT2D eigenvalue weighted by Gasteiger charge is -2.10. The predicted octanol–water partition coefficient (Wildman–Crippen LogP) is 4.17. The van der Waals surface area contributed by atoms with E-state index in [1.807, 2.05) is 63.2 Å². The van der Waals surface area contributed by atoms with Crippen molar-refractivity contribution < 1.29 is 18.8 Å². The van der Waals surface area contributed by atoms with Gasteiger partial charge in [-0.25, -0.2) is 0 Å². The van der Waals surface area contributed by atoms with Gasteiger partial charge in [-0.05, 0) is 62.2 Å². The van der Waals surface area contributed by atoms with Gasteiger partial charge in [0.1, 0.15) is 18.1 Å². The van der Waals surface area contributed by atoms with Crippen molar-refractivity contribution in [2.75, 3.05) is 19.8 Å². The first-order valence-electron chi connectivity index (χ1n) is 9.25. The fourth-order valence-corrected chi connectivity index (χ4v) is 2.70. The molecular weight excluding hydrogens is 356 g/mol. The van der Waals surface area contributed by atoms with Crippen molar-refractivity contribution in [1.29, 1.82) is 0 Å². The van der Waals surface area contributed by atoms with Gasteiger partial charge in [-0.1, -0.05) is 17.3 Å². The molecule has 1 aromatic heterocycles. The van der Waals surface area contributed by atoms with Crippen LogP contribution in [0.5, 0.6) is 11.5 Å². The number of carbonyl (C=O) groups excluding carboxylic acids is 1. The average molecular weight is 380 g/mol. The summed E-state index contributed by atoms with van der Waals surface area (Å²) < 4.78 is 16.5. The number of hydrogen-bond acceptors (Lipinski definition) is 5. The van der Waals surface area contributed by atoms with E-state index in [0.717, 1.165) is 22.6 Å². The highest BCUT2D eigenvalue weighted by Gasteiger charge is 2.13. The summed E-state index contributed by atoms with van der Waals surface area (Å²) in [5.41, 5.74) is 3.33. The molecule has 1 N–H and O–H groups in total. The third-order valence-corrected chi connectivity index (χ3v) is 4.39. The second-order valence-corrected chi connectivity index (χ2v) is 6.34. The summed E-state index contributed by atoms with van der Waals surface area (Å²) in [7, 11) is 0. The molecule has 0 aliphatic heterocycles. The van der Waals surface area contributed by atoms with Crippen LogP contribution >= 0.6 is 0 Å². The Hall–Kier alpha value is -3.28. The number of aromatic nitrogens is 1. The van der Waals surface area contributed by atoms with Crippen molar-refractivity contribution in [2.24, 2.45) is 0 Å². The minimum atomic E-state index is -0.300. The van der Waals surface area contributed by atoms with Crippen LogP contribution in [-0.4, -0.2) is 30.8 Å². The van der Waals surface area contributed by atoms with Crippen LogP contribution in [0, 0.1) is 13.8 Å². The van der Waals surface area contributed by atoms with Crippen LogP contribution in [0.2, 0.25) is 0 Å². The number of nitrogens with one attached hydrogen (secondary N) is 1. The van der Waals surface area contributed by atoms with E-state index in [2.05, 4.69) is 10.5 Å². The van der Waals surface area contributed by atoms with E-state index in [1.54, 1.807) is 6.07 Å². The maximum atomic E-state index is 12.3. The molecule has 28 heavy (non-hydrogen) atoms. The van der Waals surface area contributed by atoms with Crippen LogP contribution < -0.4 is 14.8 Å². The summed E-state index contributed by atoms with van der Waals surface area (Å²) >= 11 is 0. The topological polar surface area (TPSA) is 73.6 Å². The van der Waals surface area contributed by atoms with Crippen LogP contribution in [-0.2, 0) is 0 Å². The molecule has 0 saturated heterocycles. The van der Waals surface area contributed by atoms with Crippen molar-refractivity contribution in [3.63, 3.8) is 0 Å². The van der Waals surface area contributed by atoms with Gasteiger partial charge < -0.3 is 19.3 Å². The fraction of sp³-hybridized carbons (Fsp3) is 0.273. The van der Waals surface area contributed by atoms with Gasteiger partial charge in [0.25, 0.3) is 5.91 Å². The average Bonchev–Trinajstić information content (AvgIpc) is 3.19. The Morgan fingerprint density at radius 2 is 1.89 bits per heavy atom. The first-order chi connectivity index (χ1) is 13.6. The molecule has 0 spiro atoms. The monoisotopic (exact) mass is 380 g/mol. The molecule has 0 saturated carbocycles. The molecule has 3 rings (SSSR count). The summed E-state index contributed by atoms with van der Waals surface area (Å²) in [5.74, 6) is 1.84. The lowest BCUT2D eigenvalue weighted by atomic mass is 10.1. The number of carbonyl (C=O) groups is 1. The molecule has 0 atom stereocenters. The van der Waals surface area contributed by atoms with Crippen molar-refractivity contribution in [3.8, 4) is 22.8 Å². The Morgan fingerprint density at radius 3 is 2.64 bits per heavy atom. The Bertz CT molecular complexity index is 932. The van der Waals surface area contributed by atoms with Gasteiger partial charge in [-0.3, -0.25) is 4.79 Å². The fourth-order valence-electron chi connectivity index (χ4n) is 2.70. The van der Waals surface area contributed by atoms with E-state index in [9.17, 15) is 4.79 Å². The zero-order valence-corrected chi connectivity index (χ0v) is 16.3. The number of nitrogens with zero attached hydrogens (tertiary/aromatic N) is 1. The molecule has 1 amide bonds. The molecule has 0 fully saturated rings. The van der Waals surface area contributed by atoms with Crippen molar-refractivity contribution in [1.82, 2.24) is 10.5 Å². The smallest absolute Gasteiger partial charge is 0.273 e. The molecule has 6 nitrogen and oxygen atoms in total. The van der Waals surface area contributed by atoms with E-state index in [0.29, 0.717) is 25.5 Å². The molecule has 0 bridgehead atoms. The van der Waals surface area contributed by atoms with E-state index < -0.39 is 0 Å². The van der Waals surface area contributed by atoms with Crippen molar-refractivity contribution in [2.45, 2.75) is 20.8 Å². The van der Waals surface area contributed by atoms with E-state index >= 15 is 0 Å². The van der Waals surface area contributed by atoms with Crippen LogP contribution in [0.4, 0.5) is 0 Å². The Kier molecular flexibility index (Phi) is 6.32. The van der Waals surface area contributed by atoms with Crippen LogP contribution in [0.25, 0.3) is 11.3 Å². The molecule has 0 radical (unpaired) electrons. The van der Waals surface area contributed by atoms with Gasteiger partial charge in [0.15, 0.2) is 11.5 Å². The van der Waals surface area contributed by atoms with Gasteiger partial charge in [0, 0.05) is 11.6 Å². The van der Waals surface area contributed by atoms with Crippen molar-refractivity contribution in [3.05, 3.63) is 65.4 Å². The third kappa shape index (κ3) is 4.71. The lowest BCUT2D eigenvalue weighted by molar-refractivity contribution is 0.0938. The quantitative estimate of drug-likeness (QED) is 0.594. The number of rotatable bonds is 8. The van der Waals surface area contributed by atoms with E-state index in [1.165, 1.54) is 5.56 Å². The first-order valence-corrected chi connectivity index (χ1v) is 9.25. The normalized spacial score (nSPS) is 10.5. The van der Waals surface area contributed by atoms with E-state index in [4.69, 9.17) is 14.0 Å². The summed E-state index contributed by atoms with van der Waals surface area (Å²) in [6, 6.07) is 15.0. The molecular formula is C22H24N2O4. The second-order valence-electron chi connectivity index (χ2n) is 6.34. The third-order valence-electron chi connectivity index (χ3n) is 4.39. The standard InChI is InChI=1S/C22H24N2O4/c1-4-26-18-10-8-17(9-11-18)21-14-19(24-28-21)22(25)23-12-13-27-20-7-5-6-15(2)16(20)3/h5-11,14H,4,12-13H2,1-3H3,(H,23,25). The molecule has 146 valence electrons. The summed E-state index contributed by atoms with van der Waals surface area (Å²) in [6.07, 6.45) is 0. The van der Waals surface area contributed by atoms with Crippen LogP contribution in [0.15, 0.2) is 53.1 Å². The zero-order valence-electron chi connectivity index (χ0n) is 16.3. The Balaban J connectivity index is 1.52. The molecule has 3 aromatic rings. The summed E-state index contributed by atoms with van der Waals surface area (Å²) in [5, 5.41) is 6.64. The van der Waals surface area contributed by atoms with Crippen molar-refractivity contribution >= 4 is 5.91 Å². The number of aryl methyl sites for hydroxylation is 1. The summed E-state index contributed by atoms with van der Waals surface area (Å²) in [6.45, 7) is 7.34. The minimum absolute atomic E-state index is 0.232. The van der Waals surface area contributed by atoms with E-state index in [-0.39, 0.29) is 11.6 Å². The molecule has 2 aromatic carbocycles. The van der Waals surface area contributed by atoms with Gasteiger partial charge in [0.2, 0.25) is 0 Å². The molecule has 0 unspecified atom stereocenters. The Labute approximate surface area is 164 Å². The van der Waals surface area contributed by atoms with Gasteiger partial charge in [-0.15, -0.1) is 0 Å². The summed E-state index contributed by atoms with van der Waals surface area (Å²) in [4.78, 5) is 12.3. The lowest BCUT2D eigenvalue weighted by Crippen LogP contribution is -2.28. The first kappa shape index (κ1) is 19.5. The highest BCUT2D eigenvalue weighted by atomic mass is 16.5. The van der Waals surface area contributed by atoms with Gasteiger partial charge in [0.05, 0.1) is 13.2 Å². The van der Waals surface area contributed by atoms with Gasteiger partial charge in [-0.2, -0.15) is 0 Å². The second kappa shape index (κ2) is 9.08. The largest absolute Gasteiger partial charge is 0.494 e. The SMILES string of the molecule is CCOc1ccc(-c2cc(C(=O)NCCOc3cccc(C)c3C)no2)cc1. The molecule has 6 heteroatoms. The van der Waals surface area contributed by atoms with Crippen LogP contribution in [0.3, 0.4) is 0 Å². The number of amides is 1. The highest BCUT2D eigenvalue weighted by Crippen LogP contribution is 2.23. The maximum Gasteiger partial charge on any atom is 0.273 e. The predicted molar refractivity (Wildman–Crippen MR) is 107 cm³/mol. The van der Waals surface area contributed by atoms with Gasteiger partial charge >= 0.3 is 0 Å². The highest BCUT2D eigenvalue weighted by molar-refractivity contribution is 5.93. The number of hydrogen-bond donors (Lipinski definition) is 1. The number of ether oxygens (including phenoxy) is 2. The number of benzene rings is 2. The molecule has 0 aliphatic rings. The zero-order chi connectivity index (χ0) is 19.9. The van der Waals surface area contributed by atoms with Crippen LogP contribution in [0.1, 0.15) is 28.5 Å². The molecule has 0 aliphatic carbocycles. The maximum absolute atomic E-state index is 12.3. The molecule has 1 heterocycles. The minimum Gasteiger partial charge on any atom is -0.494 e. The Morgan fingerprint density at radius 1 is 1.11 bits per heavy atom.